The second-order valence-electron chi connectivity index (χ2n) is 12.0. The molecule has 0 bridgehead atoms. The number of anilines is 1. The highest BCUT2D eigenvalue weighted by Crippen LogP contribution is 2.30. The van der Waals surface area contributed by atoms with Gasteiger partial charge < -0.3 is 28.8 Å². The van der Waals surface area contributed by atoms with Crippen molar-refractivity contribution in [2.24, 2.45) is 0 Å². The Morgan fingerprint density at radius 3 is 2.27 bits per heavy atom. The number of rotatable bonds is 7. The van der Waals surface area contributed by atoms with Crippen molar-refractivity contribution in [3.8, 4) is 0 Å². The van der Waals surface area contributed by atoms with Crippen LogP contribution in [0.3, 0.4) is 0 Å². The minimum absolute atomic E-state index is 0.0457. The van der Waals surface area contributed by atoms with Gasteiger partial charge in [0.25, 0.3) is 5.56 Å². The minimum atomic E-state index is -0.695. The summed E-state index contributed by atoms with van der Waals surface area (Å²) in [4.78, 5) is 38.0. The first-order chi connectivity index (χ1) is 17.2. The summed E-state index contributed by atoms with van der Waals surface area (Å²) in [5.74, 6) is 0. The number of nitrogens with zero attached hydrogens (tertiary/aromatic N) is 1. The fourth-order valence-electron chi connectivity index (χ4n) is 4.60. The lowest BCUT2D eigenvalue weighted by molar-refractivity contribution is -0.0393. The van der Waals surface area contributed by atoms with Crippen LogP contribution < -0.4 is 16.2 Å². The number of hydrogen-bond acceptors (Lipinski definition) is 7. The molecule has 1 aromatic heterocycles. The summed E-state index contributed by atoms with van der Waals surface area (Å²) in [5.41, 5.74) is -0.667. The Kier molecular flexibility index (Phi) is 9.28. The minimum Gasteiger partial charge on any atom is -0.444 e. The largest absolute Gasteiger partial charge is 0.444 e. The number of carbonyl (C=O) groups is 2. The average Bonchev–Trinajstić information content (AvgIpc) is 2.76. The predicted molar refractivity (Wildman–Crippen MR) is 140 cm³/mol. The van der Waals surface area contributed by atoms with Gasteiger partial charge in [0.1, 0.15) is 16.9 Å². The van der Waals surface area contributed by atoms with E-state index in [9.17, 15) is 14.4 Å². The van der Waals surface area contributed by atoms with Crippen molar-refractivity contribution in [2.75, 3.05) is 12.4 Å². The molecule has 1 aromatic rings. The Hall–Kier alpha value is -2.59. The molecular formula is C27H43N3O7. The van der Waals surface area contributed by atoms with E-state index in [1.165, 1.54) is 0 Å². The first-order valence-electron chi connectivity index (χ1n) is 13.1. The third kappa shape index (κ3) is 8.74. The Morgan fingerprint density at radius 2 is 1.68 bits per heavy atom. The summed E-state index contributed by atoms with van der Waals surface area (Å²) in [6, 6.07) is 1.45. The molecule has 37 heavy (non-hydrogen) atoms. The fourth-order valence-corrected chi connectivity index (χ4v) is 4.60. The van der Waals surface area contributed by atoms with Gasteiger partial charge in [-0.25, -0.2) is 9.59 Å². The van der Waals surface area contributed by atoms with E-state index >= 15 is 0 Å². The first kappa shape index (κ1) is 29.0. The molecule has 4 atom stereocenters. The number of carbonyl (C=O) groups excluding carboxylic acids is 2. The molecule has 2 aliphatic rings. The van der Waals surface area contributed by atoms with E-state index in [1.54, 1.807) is 44.7 Å². The zero-order chi connectivity index (χ0) is 27.4. The number of aromatic nitrogens is 1. The highest BCUT2D eigenvalue weighted by atomic mass is 16.6. The number of amides is 2. The third-order valence-corrected chi connectivity index (χ3v) is 6.44. The third-order valence-electron chi connectivity index (χ3n) is 6.44. The summed E-state index contributed by atoms with van der Waals surface area (Å²) in [6.07, 6.45) is 5.66. The maximum Gasteiger partial charge on any atom is 0.412 e. The molecule has 0 aromatic carbocycles. The predicted octanol–water partition coefficient (Wildman–Crippen LogP) is 4.90. The van der Waals surface area contributed by atoms with Gasteiger partial charge in [-0.15, -0.1) is 0 Å². The number of nitrogens with one attached hydrogen (secondary N) is 2. The van der Waals surface area contributed by atoms with Crippen LogP contribution in [0.2, 0.25) is 0 Å². The zero-order valence-corrected chi connectivity index (χ0v) is 23.2. The number of hydrogen-bond donors (Lipinski definition) is 2. The van der Waals surface area contributed by atoms with Gasteiger partial charge >= 0.3 is 12.2 Å². The lowest BCUT2D eigenvalue weighted by atomic mass is 9.89. The lowest BCUT2D eigenvalue weighted by Gasteiger charge is -2.37. The topological polar surface area (TPSA) is 117 Å². The average molecular weight is 522 g/mol. The van der Waals surface area contributed by atoms with Crippen LogP contribution in [0.4, 0.5) is 15.3 Å². The Bertz CT molecular complexity index is 1010. The highest BCUT2D eigenvalue weighted by molar-refractivity contribution is 5.84. The van der Waals surface area contributed by atoms with Gasteiger partial charge in [0.15, 0.2) is 0 Å². The highest BCUT2D eigenvalue weighted by Gasteiger charge is 2.34. The molecule has 3 rings (SSSR count). The maximum atomic E-state index is 13.4. The van der Waals surface area contributed by atoms with Crippen molar-refractivity contribution in [2.45, 2.75) is 122 Å². The van der Waals surface area contributed by atoms with Crippen LogP contribution in [0, 0.1) is 0 Å². The van der Waals surface area contributed by atoms with E-state index in [-0.39, 0.29) is 42.1 Å². The molecule has 2 amide bonds. The Morgan fingerprint density at radius 1 is 1.00 bits per heavy atom. The van der Waals surface area contributed by atoms with Crippen LogP contribution >= 0.6 is 0 Å². The summed E-state index contributed by atoms with van der Waals surface area (Å²) >= 11 is 0. The molecule has 0 aliphatic heterocycles. The normalized spacial score (nSPS) is 24.1. The smallest absolute Gasteiger partial charge is 0.412 e. The summed E-state index contributed by atoms with van der Waals surface area (Å²) in [7, 11) is 1.69. The van der Waals surface area contributed by atoms with Gasteiger partial charge in [0.05, 0.1) is 24.9 Å². The molecule has 0 radical (unpaired) electrons. The standard InChI is InChI=1S/C27H43N3O7/c1-26(2,3)36-24(32)28-20-11-12-22(20)35-16-17-13-21(29-25(33)37-27(4,5)6)23(31)30(15-17)18-9-8-10-19(14-18)34-7/h13,15,18-20,22H,8-12,14,16H2,1-7H3,(H,28,32)(H,29,33)/t18-,19-,20-,22-/m1/s1. The lowest BCUT2D eigenvalue weighted by Crippen LogP contribution is -2.52. The van der Waals surface area contributed by atoms with E-state index in [4.69, 9.17) is 18.9 Å². The van der Waals surface area contributed by atoms with Gasteiger partial charge in [-0.2, -0.15) is 0 Å². The van der Waals surface area contributed by atoms with E-state index < -0.39 is 23.4 Å². The zero-order valence-electron chi connectivity index (χ0n) is 23.2. The van der Waals surface area contributed by atoms with Crippen LogP contribution in [-0.2, 0) is 25.6 Å². The molecule has 208 valence electrons. The molecular weight excluding hydrogens is 478 g/mol. The molecule has 10 heteroatoms. The van der Waals surface area contributed by atoms with Crippen LogP contribution in [0.5, 0.6) is 0 Å². The number of pyridine rings is 1. The van der Waals surface area contributed by atoms with Crippen LogP contribution in [-0.4, -0.2) is 53.3 Å². The van der Waals surface area contributed by atoms with Crippen molar-refractivity contribution < 1.29 is 28.5 Å². The Balaban J connectivity index is 1.75. The molecule has 10 nitrogen and oxygen atoms in total. The van der Waals surface area contributed by atoms with E-state index in [0.717, 1.165) is 44.1 Å². The van der Waals surface area contributed by atoms with Gasteiger partial charge in [0, 0.05) is 19.3 Å². The Labute approximate surface area is 219 Å². The van der Waals surface area contributed by atoms with Crippen LogP contribution in [0.1, 0.15) is 91.7 Å². The van der Waals surface area contributed by atoms with Gasteiger partial charge in [-0.1, -0.05) is 0 Å². The second-order valence-corrected chi connectivity index (χ2v) is 12.0. The first-order valence-corrected chi connectivity index (χ1v) is 13.1. The summed E-state index contributed by atoms with van der Waals surface area (Å²) in [6.45, 7) is 11.0. The monoisotopic (exact) mass is 521 g/mol. The summed E-state index contributed by atoms with van der Waals surface area (Å²) in [5, 5.41) is 5.50. The van der Waals surface area contributed by atoms with Crippen molar-refractivity contribution in [1.29, 1.82) is 0 Å². The fraction of sp³-hybridized carbons (Fsp3) is 0.741. The van der Waals surface area contributed by atoms with Crippen LogP contribution in [0.25, 0.3) is 0 Å². The van der Waals surface area contributed by atoms with Gasteiger partial charge in [0.2, 0.25) is 0 Å². The van der Waals surface area contributed by atoms with Crippen molar-refractivity contribution in [3.63, 3.8) is 0 Å². The molecule has 2 saturated carbocycles. The van der Waals surface area contributed by atoms with E-state index in [0.29, 0.717) is 0 Å². The molecule has 1 heterocycles. The molecule has 2 N–H and O–H groups in total. The number of alkyl carbamates (subject to hydrolysis) is 1. The van der Waals surface area contributed by atoms with E-state index in [1.807, 2.05) is 20.8 Å². The number of methoxy groups -OCH3 is 1. The SMILES string of the molecule is CO[C@@H]1CCC[C@@H](n2cc(CO[C@@H]3CC[C@H]3NC(=O)OC(C)(C)C)cc(NC(=O)OC(C)(C)C)c2=O)C1. The molecule has 0 spiro atoms. The summed E-state index contributed by atoms with van der Waals surface area (Å²) < 4.78 is 24.1. The molecule has 0 saturated heterocycles. The molecule has 2 aliphatic carbocycles. The molecule has 2 fully saturated rings. The van der Waals surface area contributed by atoms with Crippen LogP contribution in [0.15, 0.2) is 17.1 Å². The van der Waals surface area contributed by atoms with Crippen molar-refractivity contribution in [3.05, 3.63) is 28.2 Å². The van der Waals surface area contributed by atoms with Crippen molar-refractivity contribution in [1.82, 2.24) is 9.88 Å². The van der Waals surface area contributed by atoms with Gasteiger partial charge in [-0.05, 0) is 91.7 Å². The number of ether oxygens (including phenoxy) is 4. The van der Waals surface area contributed by atoms with Gasteiger partial charge in [-0.3, -0.25) is 10.1 Å². The quantitative estimate of drug-likeness (QED) is 0.524. The molecule has 0 unspecified atom stereocenters. The second kappa shape index (κ2) is 11.9. The maximum absolute atomic E-state index is 13.4. The van der Waals surface area contributed by atoms with Crippen molar-refractivity contribution >= 4 is 17.9 Å². The van der Waals surface area contributed by atoms with E-state index in [2.05, 4.69) is 10.6 Å².